The van der Waals surface area contributed by atoms with Crippen LogP contribution in [0.3, 0.4) is 0 Å². The number of fused-ring (bicyclic) bond motifs is 2. The van der Waals surface area contributed by atoms with E-state index in [0.29, 0.717) is 5.69 Å². The molecule has 1 saturated heterocycles. The third-order valence-electron chi connectivity index (χ3n) is 7.50. The molecule has 1 aliphatic rings. The van der Waals surface area contributed by atoms with Gasteiger partial charge in [-0.25, -0.2) is 4.85 Å². The largest absolute Gasteiger partial charge is 0.346 e. The lowest BCUT2D eigenvalue weighted by molar-refractivity contribution is 0.197. The van der Waals surface area contributed by atoms with Gasteiger partial charge in [-0.1, -0.05) is 37.3 Å². The Morgan fingerprint density at radius 2 is 1.77 bits per heavy atom. The molecule has 0 atom stereocenters. The SMILES string of the molecule is [C-]#[N+]c1ccc(-c2c(-c3ccc4c(cnn4C)c3)ncc3c2ccn3CC2(C)CCNCC2)cc1. The molecule has 0 amide bonds. The minimum atomic E-state index is 0.276. The molecular weight excluding hydrogens is 432 g/mol. The van der Waals surface area contributed by atoms with Gasteiger partial charge in [0, 0.05) is 41.7 Å². The Kier molecular flexibility index (Phi) is 5.16. The molecule has 0 aliphatic carbocycles. The molecule has 1 fully saturated rings. The first-order valence-electron chi connectivity index (χ1n) is 12.1. The molecule has 4 heterocycles. The molecule has 0 saturated carbocycles. The van der Waals surface area contributed by atoms with Crippen LogP contribution in [0.2, 0.25) is 0 Å². The molecule has 0 spiro atoms. The lowest BCUT2D eigenvalue weighted by atomic mass is 9.81. The maximum Gasteiger partial charge on any atom is 0.187 e. The normalized spacial score (nSPS) is 15.5. The van der Waals surface area contributed by atoms with E-state index in [1.165, 1.54) is 18.2 Å². The summed E-state index contributed by atoms with van der Waals surface area (Å²) in [4.78, 5) is 8.61. The van der Waals surface area contributed by atoms with Gasteiger partial charge in [0.1, 0.15) is 0 Å². The monoisotopic (exact) mass is 460 g/mol. The number of piperidine rings is 1. The van der Waals surface area contributed by atoms with Crippen molar-refractivity contribution >= 4 is 27.5 Å². The smallest absolute Gasteiger partial charge is 0.187 e. The molecule has 3 aromatic heterocycles. The molecule has 1 aliphatic heterocycles. The molecule has 1 N–H and O–H groups in total. The van der Waals surface area contributed by atoms with E-state index in [1.807, 2.05) is 48.4 Å². The van der Waals surface area contributed by atoms with Crippen molar-refractivity contribution in [1.29, 1.82) is 0 Å². The summed E-state index contributed by atoms with van der Waals surface area (Å²) in [7, 11) is 1.96. The standard InChI is InChI=1S/C29H28N6/c1-29(11-13-31-14-12-29)19-35-15-10-24-26(35)18-32-28(27(24)20-4-7-23(30-2)8-5-20)21-6-9-25-22(16-21)17-33-34(25)3/h4-10,15-18,31H,11-14,19H2,1,3H3. The van der Waals surface area contributed by atoms with Gasteiger partial charge in [-0.3, -0.25) is 9.67 Å². The van der Waals surface area contributed by atoms with Crippen LogP contribution in [0, 0.1) is 12.0 Å². The lowest BCUT2D eigenvalue weighted by Gasteiger charge is -2.34. The predicted molar refractivity (Wildman–Crippen MR) is 141 cm³/mol. The molecule has 0 unspecified atom stereocenters. The fourth-order valence-electron chi connectivity index (χ4n) is 5.42. The first kappa shape index (κ1) is 21.6. The molecule has 2 aromatic carbocycles. The third kappa shape index (κ3) is 3.78. The Labute approximate surface area is 205 Å². The fourth-order valence-corrected chi connectivity index (χ4v) is 5.42. The predicted octanol–water partition coefficient (Wildman–Crippen LogP) is 6.20. The van der Waals surface area contributed by atoms with Crippen LogP contribution in [0.4, 0.5) is 5.69 Å². The molecule has 0 bridgehead atoms. The van der Waals surface area contributed by atoms with Crippen molar-refractivity contribution in [2.24, 2.45) is 12.5 Å². The highest BCUT2D eigenvalue weighted by atomic mass is 15.2. The van der Waals surface area contributed by atoms with Crippen molar-refractivity contribution in [3.05, 3.63) is 78.5 Å². The van der Waals surface area contributed by atoms with Gasteiger partial charge in [-0.05, 0) is 55.1 Å². The topological polar surface area (TPSA) is 52.0 Å². The maximum absolute atomic E-state index is 7.35. The van der Waals surface area contributed by atoms with Crippen LogP contribution in [0.5, 0.6) is 0 Å². The molecule has 0 radical (unpaired) electrons. The summed E-state index contributed by atoms with van der Waals surface area (Å²) in [6.45, 7) is 12.9. The maximum atomic E-state index is 7.35. The van der Waals surface area contributed by atoms with Crippen molar-refractivity contribution in [2.45, 2.75) is 26.3 Å². The Bertz CT molecular complexity index is 1580. The summed E-state index contributed by atoms with van der Waals surface area (Å²) < 4.78 is 4.26. The highest BCUT2D eigenvalue weighted by Crippen LogP contribution is 2.39. The highest BCUT2D eigenvalue weighted by Gasteiger charge is 2.28. The Morgan fingerprint density at radius 1 is 1.00 bits per heavy atom. The van der Waals surface area contributed by atoms with E-state index in [9.17, 15) is 0 Å². The van der Waals surface area contributed by atoms with E-state index < -0.39 is 0 Å². The van der Waals surface area contributed by atoms with E-state index >= 15 is 0 Å². The zero-order valence-corrected chi connectivity index (χ0v) is 20.1. The molecule has 174 valence electrons. The second-order valence-electron chi connectivity index (χ2n) is 9.99. The van der Waals surface area contributed by atoms with Crippen LogP contribution in [0.15, 0.2) is 67.1 Å². The van der Waals surface area contributed by atoms with E-state index in [1.54, 1.807) is 0 Å². The van der Waals surface area contributed by atoms with Gasteiger partial charge in [-0.2, -0.15) is 5.10 Å². The number of aryl methyl sites for hydroxylation is 1. The zero-order chi connectivity index (χ0) is 24.0. The lowest BCUT2D eigenvalue weighted by Crippen LogP contribution is -2.37. The van der Waals surface area contributed by atoms with Gasteiger partial charge in [0.25, 0.3) is 0 Å². The summed E-state index contributed by atoms with van der Waals surface area (Å²) in [6, 6.07) is 16.5. The first-order chi connectivity index (χ1) is 17.0. The molecular formula is C29H28N6. The second kappa shape index (κ2) is 8.37. The number of rotatable bonds is 4. The summed E-state index contributed by atoms with van der Waals surface area (Å²) >= 11 is 0. The summed E-state index contributed by atoms with van der Waals surface area (Å²) in [6.07, 6.45) is 8.49. The van der Waals surface area contributed by atoms with E-state index in [4.69, 9.17) is 11.6 Å². The molecule has 5 aromatic rings. The number of benzene rings is 2. The number of hydrogen-bond donors (Lipinski definition) is 1. The van der Waals surface area contributed by atoms with Crippen molar-refractivity contribution in [1.82, 2.24) is 24.6 Å². The van der Waals surface area contributed by atoms with Gasteiger partial charge in [0.05, 0.1) is 35.7 Å². The number of pyridine rings is 1. The van der Waals surface area contributed by atoms with Gasteiger partial charge in [0.2, 0.25) is 0 Å². The second-order valence-corrected chi connectivity index (χ2v) is 9.99. The van der Waals surface area contributed by atoms with Crippen molar-refractivity contribution in [3.8, 4) is 22.4 Å². The highest BCUT2D eigenvalue weighted by molar-refractivity contribution is 6.02. The number of aromatic nitrogens is 4. The van der Waals surface area contributed by atoms with Crippen LogP contribution < -0.4 is 5.32 Å². The number of hydrogen-bond acceptors (Lipinski definition) is 3. The Balaban J connectivity index is 1.53. The van der Waals surface area contributed by atoms with Crippen molar-refractivity contribution in [3.63, 3.8) is 0 Å². The van der Waals surface area contributed by atoms with Crippen LogP contribution in [-0.4, -0.2) is 32.4 Å². The third-order valence-corrected chi connectivity index (χ3v) is 7.50. The minimum absolute atomic E-state index is 0.276. The average Bonchev–Trinajstić information content (AvgIpc) is 3.46. The van der Waals surface area contributed by atoms with E-state index in [-0.39, 0.29) is 5.41 Å². The fraction of sp³-hybridized carbons (Fsp3) is 0.276. The number of nitrogens with zero attached hydrogens (tertiary/aromatic N) is 5. The van der Waals surface area contributed by atoms with Gasteiger partial charge in [-0.15, -0.1) is 0 Å². The van der Waals surface area contributed by atoms with Gasteiger partial charge < -0.3 is 9.88 Å². The van der Waals surface area contributed by atoms with Gasteiger partial charge >= 0.3 is 0 Å². The summed E-state index contributed by atoms with van der Waals surface area (Å²) in [5.41, 5.74) is 7.36. The van der Waals surface area contributed by atoms with Gasteiger partial charge in [0.15, 0.2) is 5.69 Å². The molecule has 35 heavy (non-hydrogen) atoms. The molecule has 6 rings (SSSR count). The first-order valence-corrected chi connectivity index (χ1v) is 12.1. The van der Waals surface area contributed by atoms with Crippen molar-refractivity contribution in [2.75, 3.05) is 13.1 Å². The van der Waals surface area contributed by atoms with Crippen LogP contribution >= 0.6 is 0 Å². The molecule has 6 heteroatoms. The van der Waals surface area contributed by atoms with Crippen molar-refractivity contribution < 1.29 is 0 Å². The zero-order valence-electron chi connectivity index (χ0n) is 20.1. The Morgan fingerprint density at radius 3 is 2.54 bits per heavy atom. The number of nitrogens with one attached hydrogen (secondary N) is 1. The minimum Gasteiger partial charge on any atom is -0.346 e. The van der Waals surface area contributed by atoms with E-state index in [0.717, 1.165) is 58.4 Å². The average molecular weight is 461 g/mol. The quantitative estimate of drug-likeness (QED) is 0.325. The van der Waals surface area contributed by atoms with Crippen LogP contribution in [0.1, 0.15) is 19.8 Å². The van der Waals surface area contributed by atoms with Crippen LogP contribution in [0.25, 0.3) is 49.0 Å². The Hall–Kier alpha value is -3.95. The van der Waals surface area contributed by atoms with E-state index in [2.05, 4.69) is 57.2 Å². The summed E-state index contributed by atoms with van der Waals surface area (Å²) in [5, 5.41) is 10.2. The summed E-state index contributed by atoms with van der Waals surface area (Å²) in [5.74, 6) is 0. The van der Waals surface area contributed by atoms with Crippen LogP contribution in [-0.2, 0) is 13.6 Å². The molecule has 6 nitrogen and oxygen atoms in total.